The highest BCUT2D eigenvalue weighted by Gasteiger charge is 2.34. The third kappa shape index (κ3) is 2.17. The van der Waals surface area contributed by atoms with Gasteiger partial charge in [-0.3, -0.25) is 4.40 Å². The predicted octanol–water partition coefficient (Wildman–Crippen LogP) is 1.12. The molecule has 0 unspecified atom stereocenters. The Hall–Kier alpha value is -2.77. The van der Waals surface area contributed by atoms with Gasteiger partial charge in [0.2, 0.25) is 5.65 Å². The molecule has 3 aromatic rings. The second kappa shape index (κ2) is 5.12. The van der Waals surface area contributed by atoms with Crippen molar-refractivity contribution in [2.75, 3.05) is 29.9 Å². The first kappa shape index (κ1) is 13.6. The molecule has 8 heteroatoms. The fraction of sp³-hybridized carbons (Fsp3) is 0.438. The van der Waals surface area contributed by atoms with Crippen molar-refractivity contribution in [3.05, 3.63) is 36.8 Å². The molecule has 122 valence electrons. The lowest BCUT2D eigenvalue weighted by molar-refractivity contribution is 0.489. The molecule has 0 amide bonds. The zero-order valence-corrected chi connectivity index (χ0v) is 13.4. The van der Waals surface area contributed by atoms with E-state index in [1.54, 1.807) is 18.9 Å². The second-order valence-corrected chi connectivity index (χ2v) is 6.56. The van der Waals surface area contributed by atoms with Crippen LogP contribution in [0.25, 0.3) is 5.65 Å². The number of aromatic nitrogens is 6. The summed E-state index contributed by atoms with van der Waals surface area (Å²) in [7, 11) is 2.10. The average molecular weight is 322 g/mol. The summed E-state index contributed by atoms with van der Waals surface area (Å²) in [4.78, 5) is 17.8. The minimum atomic E-state index is 0.414. The monoisotopic (exact) mass is 322 g/mol. The van der Waals surface area contributed by atoms with E-state index in [1.165, 1.54) is 18.5 Å². The lowest BCUT2D eigenvalue weighted by Gasteiger charge is -2.44. The van der Waals surface area contributed by atoms with Gasteiger partial charge in [-0.25, -0.2) is 15.0 Å². The van der Waals surface area contributed by atoms with Gasteiger partial charge in [-0.15, -0.1) is 10.2 Å². The van der Waals surface area contributed by atoms with Crippen LogP contribution in [-0.4, -0.2) is 55.7 Å². The van der Waals surface area contributed by atoms with E-state index < -0.39 is 0 Å². The molecule has 2 aliphatic rings. The summed E-state index contributed by atoms with van der Waals surface area (Å²) < 4.78 is 1.89. The minimum Gasteiger partial charge on any atom is -0.353 e. The van der Waals surface area contributed by atoms with E-state index in [-0.39, 0.29) is 0 Å². The van der Waals surface area contributed by atoms with Crippen molar-refractivity contribution in [1.82, 2.24) is 29.5 Å². The molecule has 0 N–H and O–H groups in total. The van der Waals surface area contributed by atoms with Crippen LogP contribution in [0.1, 0.15) is 24.5 Å². The van der Waals surface area contributed by atoms with Crippen LogP contribution in [0.3, 0.4) is 0 Å². The highest BCUT2D eigenvalue weighted by atomic mass is 15.4. The first-order valence-electron chi connectivity index (χ1n) is 8.23. The van der Waals surface area contributed by atoms with Gasteiger partial charge in [0.05, 0.1) is 6.04 Å². The van der Waals surface area contributed by atoms with Crippen LogP contribution < -0.4 is 9.80 Å². The maximum atomic E-state index is 4.47. The van der Waals surface area contributed by atoms with Crippen LogP contribution in [0.5, 0.6) is 0 Å². The first-order chi connectivity index (χ1) is 11.8. The molecule has 2 fully saturated rings. The van der Waals surface area contributed by atoms with Crippen LogP contribution in [0.4, 0.5) is 11.6 Å². The van der Waals surface area contributed by atoms with Gasteiger partial charge >= 0.3 is 0 Å². The van der Waals surface area contributed by atoms with Gasteiger partial charge in [0.15, 0.2) is 5.82 Å². The van der Waals surface area contributed by atoms with Crippen molar-refractivity contribution in [2.45, 2.75) is 24.8 Å². The molecule has 1 aliphatic carbocycles. The first-order valence-corrected chi connectivity index (χ1v) is 8.23. The lowest BCUT2D eigenvalue weighted by Crippen LogP contribution is -2.59. The largest absolute Gasteiger partial charge is 0.353 e. The van der Waals surface area contributed by atoms with Crippen molar-refractivity contribution >= 4 is 17.3 Å². The molecule has 0 aromatic carbocycles. The van der Waals surface area contributed by atoms with E-state index in [4.69, 9.17) is 0 Å². The van der Waals surface area contributed by atoms with E-state index in [0.717, 1.165) is 30.4 Å². The maximum absolute atomic E-state index is 4.47. The van der Waals surface area contributed by atoms with Gasteiger partial charge in [0.25, 0.3) is 0 Å². The molecule has 0 atom stereocenters. The zero-order valence-electron chi connectivity index (χ0n) is 13.4. The van der Waals surface area contributed by atoms with E-state index in [2.05, 4.69) is 48.1 Å². The number of nitrogens with zero attached hydrogens (tertiary/aromatic N) is 8. The van der Waals surface area contributed by atoms with Crippen molar-refractivity contribution in [1.29, 1.82) is 0 Å². The Balaban J connectivity index is 1.32. The summed E-state index contributed by atoms with van der Waals surface area (Å²) >= 11 is 0. The number of hydrogen-bond acceptors (Lipinski definition) is 7. The number of fused-ring (bicyclic) bond motifs is 1. The Bertz CT molecular complexity index is 880. The van der Waals surface area contributed by atoms with Crippen molar-refractivity contribution in [3.63, 3.8) is 0 Å². The standard InChI is InChI=1S/C16H18N8/c1-22(14-6-13(11-2-3-11)18-9-19-14)12-7-24(8-12)15-16-21-20-10-23(16)5-4-17-15/h4-6,9-12H,2-3,7-8H2,1H3. The van der Waals surface area contributed by atoms with E-state index in [0.29, 0.717) is 12.0 Å². The number of rotatable bonds is 4. The zero-order chi connectivity index (χ0) is 16.1. The van der Waals surface area contributed by atoms with Crippen molar-refractivity contribution in [3.8, 4) is 0 Å². The Morgan fingerprint density at radius 1 is 1.17 bits per heavy atom. The Morgan fingerprint density at radius 3 is 2.88 bits per heavy atom. The summed E-state index contributed by atoms with van der Waals surface area (Å²) in [5.74, 6) is 2.54. The summed E-state index contributed by atoms with van der Waals surface area (Å²) in [6, 6.07) is 2.55. The molecule has 24 heavy (non-hydrogen) atoms. The molecule has 4 heterocycles. The third-order valence-electron chi connectivity index (χ3n) is 4.94. The van der Waals surface area contributed by atoms with Gasteiger partial charge in [-0.2, -0.15) is 0 Å². The van der Waals surface area contributed by atoms with Crippen molar-refractivity contribution < 1.29 is 0 Å². The highest BCUT2D eigenvalue weighted by Crippen LogP contribution is 2.39. The van der Waals surface area contributed by atoms with Gasteiger partial charge in [-0.05, 0) is 12.8 Å². The molecule has 0 radical (unpaired) electrons. The Labute approximate surface area is 139 Å². The van der Waals surface area contributed by atoms with Crippen molar-refractivity contribution in [2.24, 2.45) is 0 Å². The molecular weight excluding hydrogens is 304 g/mol. The van der Waals surface area contributed by atoms with Crippen LogP contribution in [0.15, 0.2) is 31.1 Å². The fourth-order valence-electron chi connectivity index (χ4n) is 3.19. The Morgan fingerprint density at radius 2 is 2.04 bits per heavy atom. The van der Waals surface area contributed by atoms with Gasteiger partial charge < -0.3 is 9.80 Å². The van der Waals surface area contributed by atoms with E-state index >= 15 is 0 Å². The normalized spacial score (nSPS) is 18.0. The molecular formula is C16H18N8. The highest BCUT2D eigenvalue weighted by molar-refractivity contribution is 5.65. The van der Waals surface area contributed by atoms with Crippen LogP contribution >= 0.6 is 0 Å². The number of anilines is 2. The molecule has 0 spiro atoms. The average Bonchev–Trinajstić information content (AvgIpc) is 3.31. The van der Waals surface area contributed by atoms with Crippen LogP contribution in [0, 0.1) is 0 Å². The van der Waals surface area contributed by atoms with Gasteiger partial charge in [-0.1, -0.05) is 0 Å². The van der Waals surface area contributed by atoms with Crippen LogP contribution in [-0.2, 0) is 0 Å². The molecule has 1 aliphatic heterocycles. The molecule has 5 rings (SSSR count). The minimum absolute atomic E-state index is 0.414. The predicted molar refractivity (Wildman–Crippen MR) is 89.2 cm³/mol. The number of hydrogen-bond donors (Lipinski definition) is 0. The molecule has 1 saturated heterocycles. The van der Waals surface area contributed by atoms with E-state index in [1.807, 2.05) is 10.6 Å². The van der Waals surface area contributed by atoms with Gasteiger partial charge in [0, 0.05) is 50.2 Å². The fourth-order valence-corrected chi connectivity index (χ4v) is 3.19. The second-order valence-electron chi connectivity index (χ2n) is 6.56. The molecule has 1 saturated carbocycles. The Kier molecular flexibility index (Phi) is 2.91. The maximum Gasteiger partial charge on any atom is 0.203 e. The quantitative estimate of drug-likeness (QED) is 0.712. The summed E-state index contributed by atoms with van der Waals surface area (Å²) in [5, 5.41) is 8.12. The number of likely N-dealkylation sites (N-methyl/N-ethyl adjacent to an activating group) is 1. The third-order valence-corrected chi connectivity index (χ3v) is 4.94. The summed E-state index contributed by atoms with van der Waals surface area (Å²) in [6.07, 6.45) is 9.55. The molecule has 0 bridgehead atoms. The summed E-state index contributed by atoms with van der Waals surface area (Å²) in [6.45, 7) is 1.80. The van der Waals surface area contributed by atoms with Crippen LogP contribution in [0.2, 0.25) is 0 Å². The smallest absolute Gasteiger partial charge is 0.203 e. The van der Waals surface area contributed by atoms with E-state index in [9.17, 15) is 0 Å². The molecule has 3 aromatic heterocycles. The lowest BCUT2D eigenvalue weighted by atomic mass is 10.1. The molecule has 8 nitrogen and oxygen atoms in total. The van der Waals surface area contributed by atoms with Gasteiger partial charge in [0.1, 0.15) is 18.5 Å². The summed E-state index contributed by atoms with van der Waals surface area (Å²) in [5.41, 5.74) is 1.98. The topological polar surface area (TPSA) is 75.3 Å². The SMILES string of the molecule is CN(c1cc(C2CC2)ncn1)C1CN(c2nccn3cnnc23)C1.